The predicted molar refractivity (Wildman–Crippen MR) is 88.7 cm³/mol. The van der Waals surface area contributed by atoms with Gasteiger partial charge in [0.2, 0.25) is 0 Å². The Morgan fingerprint density at radius 3 is 2.59 bits per heavy atom. The van der Waals surface area contributed by atoms with Gasteiger partial charge in [-0.15, -0.1) is 11.3 Å². The SMILES string of the molecule is Cc1ccc(NC(=O)[C@H](C)OC(=O)/C=C/c2cccs2)cc1. The molecule has 22 heavy (non-hydrogen) atoms. The Hall–Kier alpha value is -2.40. The van der Waals surface area contributed by atoms with Gasteiger partial charge in [0.1, 0.15) is 0 Å². The highest BCUT2D eigenvalue weighted by Crippen LogP contribution is 2.11. The first kappa shape index (κ1) is 16.0. The van der Waals surface area contributed by atoms with E-state index in [1.807, 2.05) is 36.6 Å². The number of carbonyl (C=O) groups excluding carboxylic acids is 2. The maximum Gasteiger partial charge on any atom is 0.331 e. The second kappa shape index (κ2) is 7.56. The molecule has 0 bridgehead atoms. The van der Waals surface area contributed by atoms with Crippen LogP contribution in [-0.2, 0) is 14.3 Å². The van der Waals surface area contributed by atoms with Gasteiger partial charge in [-0.25, -0.2) is 4.79 Å². The molecule has 114 valence electrons. The average Bonchev–Trinajstić information content (AvgIpc) is 3.01. The Bertz CT molecular complexity index is 660. The number of hydrogen-bond donors (Lipinski definition) is 1. The summed E-state index contributed by atoms with van der Waals surface area (Å²) in [6.45, 7) is 3.51. The minimum absolute atomic E-state index is 0.360. The third-order valence-electron chi connectivity index (χ3n) is 2.91. The molecule has 1 amide bonds. The van der Waals surface area contributed by atoms with Gasteiger partial charge in [0.15, 0.2) is 6.10 Å². The molecule has 0 unspecified atom stereocenters. The summed E-state index contributed by atoms with van der Waals surface area (Å²) >= 11 is 1.52. The molecule has 0 radical (unpaired) electrons. The Kier molecular flexibility index (Phi) is 5.49. The van der Waals surface area contributed by atoms with Crippen LogP contribution >= 0.6 is 11.3 Å². The van der Waals surface area contributed by atoms with E-state index in [1.54, 1.807) is 25.1 Å². The molecule has 0 spiro atoms. The van der Waals surface area contributed by atoms with E-state index in [2.05, 4.69) is 5.32 Å². The minimum Gasteiger partial charge on any atom is -0.449 e. The zero-order chi connectivity index (χ0) is 15.9. The molecule has 1 aromatic carbocycles. The fourth-order valence-electron chi connectivity index (χ4n) is 1.68. The monoisotopic (exact) mass is 315 g/mol. The number of hydrogen-bond acceptors (Lipinski definition) is 4. The van der Waals surface area contributed by atoms with Crippen molar-refractivity contribution in [1.82, 2.24) is 0 Å². The molecule has 0 saturated carbocycles. The van der Waals surface area contributed by atoms with Crippen molar-refractivity contribution in [2.24, 2.45) is 0 Å². The summed E-state index contributed by atoms with van der Waals surface area (Å²) in [7, 11) is 0. The lowest BCUT2D eigenvalue weighted by molar-refractivity contribution is -0.148. The van der Waals surface area contributed by atoms with Gasteiger partial charge in [0, 0.05) is 16.6 Å². The molecular formula is C17H17NO3S. The van der Waals surface area contributed by atoms with Crippen molar-refractivity contribution in [3.05, 3.63) is 58.3 Å². The summed E-state index contributed by atoms with van der Waals surface area (Å²) in [5, 5.41) is 4.63. The highest BCUT2D eigenvalue weighted by molar-refractivity contribution is 7.10. The summed E-state index contributed by atoms with van der Waals surface area (Å²) in [6.07, 6.45) is 2.13. The van der Waals surface area contributed by atoms with Gasteiger partial charge in [-0.1, -0.05) is 23.8 Å². The number of anilines is 1. The van der Waals surface area contributed by atoms with Gasteiger partial charge in [-0.3, -0.25) is 4.79 Å². The number of thiophene rings is 1. The highest BCUT2D eigenvalue weighted by Gasteiger charge is 2.16. The molecule has 0 fully saturated rings. The quantitative estimate of drug-likeness (QED) is 0.677. The molecule has 1 heterocycles. The number of amides is 1. The van der Waals surface area contributed by atoms with Crippen LogP contribution in [0.3, 0.4) is 0 Å². The summed E-state index contributed by atoms with van der Waals surface area (Å²) in [5.41, 5.74) is 1.78. The molecule has 1 aromatic heterocycles. The van der Waals surface area contributed by atoms with Crippen molar-refractivity contribution in [3.8, 4) is 0 Å². The molecule has 2 rings (SSSR count). The Labute approximate surface area is 133 Å². The lowest BCUT2D eigenvalue weighted by atomic mass is 10.2. The number of rotatable bonds is 5. The minimum atomic E-state index is -0.859. The zero-order valence-electron chi connectivity index (χ0n) is 12.4. The van der Waals surface area contributed by atoms with Crippen LogP contribution in [0.5, 0.6) is 0 Å². The van der Waals surface area contributed by atoms with Crippen LogP contribution in [0.25, 0.3) is 6.08 Å². The fourth-order valence-corrected chi connectivity index (χ4v) is 2.30. The van der Waals surface area contributed by atoms with Gasteiger partial charge in [-0.2, -0.15) is 0 Å². The number of aryl methyl sites for hydroxylation is 1. The molecule has 1 N–H and O–H groups in total. The number of nitrogens with one attached hydrogen (secondary N) is 1. The van der Waals surface area contributed by atoms with Gasteiger partial charge in [0.25, 0.3) is 5.91 Å². The summed E-state index contributed by atoms with van der Waals surface area (Å²) in [6, 6.07) is 11.2. The summed E-state index contributed by atoms with van der Waals surface area (Å²) in [5.74, 6) is -0.901. The largest absolute Gasteiger partial charge is 0.449 e. The molecule has 0 aliphatic carbocycles. The maximum absolute atomic E-state index is 12.0. The third-order valence-corrected chi connectivity index (χ3v) is 3.75. The first-order valence-corrected chi connectivity index (χ1v) is 7.72. The smallest absolute Gasteiger partial charge is 0.331 e. The number of benzene rings is 1. The third kappa shape index (κ3) is 4.86. The molecule has 1 atom stereocenters. The van der Waals surface area contributed by atoms with E-state index in [4.69, 9.17) is 4.74 Å². The standard InChI is InChI=1S/C17H17NO3S/c1-12-5-7-14(8-6-12)18-17(20)13(2)21-16(19)10-9-15-4-3-11-22-15/h3-11,13H,1-2H3,(H,18,20)/b10-9+/t13-/m0/s1. The number of ether oxygens (including phenoxy) is 1. The fraction of sp³-hybridized carbons (Fsp3) is 0.176. The van der Waals surface area contributed by atoms with Crippen LogP contribution in [0, 0.1) is 6.92 Å². The maximum atomic E-state index is 12.0. The van der Waals surface area contributed by atoms with Crippen molar-refractivity contribution in [3.63, 3.8) is 0 Å². The lowest BCUT2D eigenvalue weighted by Crippen LogP contribution is -2.29. The first-order valence-electron chi connectivity index (χ1n) is 6.84. The van der Waals surface area contributed by atoms with E-state index in [9.17, 15) is 9.59 Å². The van der Waals surface area contributed by atoms with Gasteiger partial charge >= 0.3 is 5.97 Å². The van der Waals surface area contributed by atoms with Gasteiger partial charge < -0.3 is 10.1 Å². The van der Waals surface area contributed by atoms with E-state index >= 15 is 0 Å². The van der Waals surface area contributed by atoms with E-state index in [0.29, 0.717) is 5.69 Å². The predicted octanol–water partition coefficient (Wildman–Crippen LogP) is 3.64. The molecule has 4 nitrogen and oxygen atoms in total. The van der Waals surface area contributed by atoms with Crippen LogP contribution in [0.2, 0.25) is 0 Å². The molecule has 0 saturated heterocycles. The second-order valence-electron chi connectivity index (χ2n) is 4.78. The molecule has 0 aliphatic rings. The first-order chi connectivity index (χ1) is 10.5. The van der Waals surface area contributed by atoms with Gasteiger partial charge in [0.05, 0.1) is 0 Å². The lowest BCUT2D eigenvalue weighted by Gasteiger charge is -2.12. The summed E-state index contributed by atoms with van der Waals surface area (Å²) < 4.78 is 5.07. The molecular weight excluding hydrogens is 298 g/mol. The van der Waals surface area contributed by atoms with E-state index in [-0.39, 0.29) is 5.91 Å². The molecule has 5 heteroatoms. The van der Waals surface area contributed by atoms with Crippen LogP contribution in [0.15, 0.2) is 47.9 Å². The normalized spacial score (nSPS) is 12.1. The van der Waals surface area contributed by atoms with Crippen molar-refractivity contribution < 1.29 is 14.3 Å². The van der Waals surface area contributed by atoms with Crippen molar-refractivity contribution in [2.75, 3.05) is 5.32 Å². The Morgan fingerprint density at radius 1 is 1.23 bits per heavy atom. The van der Waals surface area contributed by atoms with E-state index < -0.39 is 12.1 Å². The van der Waals surface area contributed by atoms with E-state index in [1.165, 1.54) is 17.4 Å². The van der Waals surface area contributed by atoms with E-state index in [0.717, 1.165) is 10.4 Å². The second-order valence-corrected chi connectivity index (χ2v) is 5.76. The van der Waals surface area contributed by atoms with Crippen LogP contribution in [0.1, 0.15) is 17.4 Å². The Balaban J connectivity index is 1.85. The van der Waals surface area contributed by atoms with Crippen molar-refractivity contribution >= 4 is 35.0 Å². The van der Waals surface area contributed by atoms with Gasteiger partial charge in [-0.05, 0) is 43.5 Å². The zero-order valence-corrected chi connectivity index (χ0v) is 13.2. The summed E-state index contributed by atoms with van der Waals surface area (Å²) in [4.78, 5) is 24.6. The Morgan fingerprint density at radius 2 is 1.95 bits per heavy atom. The van der Waals surface area contributed by atoms with Crippen molar-refractivity contribution in [2.45, 2.75) is 20.0 Å². The van der Waals surface area contributed by atoms with Crippen LogP contribution < -0.4 is 5.32 Å². The molecule has 0 aliphatic heterocycles. The van der Waals surface area contributed by atoms with Crippen LogP contribution in [0.4, 0.5) is 5.69 Å². The molecule has 2 aromatic rings. The topological polar surface area (TPSA) is 55.4 Å². The number of esters is 1. The van der Waals surface area contributed by atoms with Crippen molar-refractivity contribution in [1.29, 1.82) is 0 Å². The highest BCUT2D eigenvalue weighted by atomic mass is 32.1. The van der Waals surface area contributed by atoms with Crippen LogP contribution in [-0.4, -0.2) is 18.0 Å². The number of carbonyl (C=O) groups is 2. The average molecular weight is 315 g/mol.